The Kier molecular flexibility index (Phi) is 5.57. The molecule has 0 aliphatic carbocycles. The molecule has 0 bridgehead atoms. The van der Waals surface area contributed by atoms with Crippen LogP contribution in [0.4, 0.5) is 5.69 Å². The van der Waals surface area contributed by atoms with Gasteiger partial charge in [0.2, 0.25) is 5.91 Å². The Labute approximate surface area is 125 Å². The molecule has 0 saturated heterocycles. The lowest BCUT2D eigenvalue weighted by Crippen LogP contribution is -2.39. The summed E-state index contributed by atoms with van der Waals surface area (Å²) in [7, 11) is 1.62. The first-order valence-electron chi connectivity index (χ1n) is 7.13. The number of hydrogen-bond donors (Lipinski definition) is 2. The molecule has 2 rings (SSSR count). The number of benzene rings is 1. The minimum Gasteiger partial charge on any atom is -0.383 e. The van der Waals surface area contributed by atoms with Crippen LogP contribution in [0.1, 0.15) is 12.0 Å². The molecular formula is C15H22N4O2. The predicted octanol–water partition coefficient (Wildman–Crippen LogP) is 0.517. The van der Waals surface area contributed by atoms with Crippen molar-refractivity contribution in [3.05, 3.63) is 29.8 Å². The van der Waals surface area contributed by atoms with E-state index in [1.165, 1.54) is 5.56 Å². The van der Waals surface area contributed by atoms with Gasteiger partial charge < -0.3 is 20.7 Å². The standard InChI is InChI=1S/C15H22N4O2/c1-21-10-8-17-15(16)18-11-14(20)19-9-4-6-12-5-2-3-7-13(12)19/h2-3,5,7H,4,6,8-11H2,1H3,(H3,16,17,18). The molecule has 21 heavy (non-hydrogen) atoms. The van der Waals surface area contributed by atoms with Gasteiger partial charge in [-0.25, -0.2) is 4.99 Å². The highest BCUT2D eigenvalue weighted by Crippen LogP contribution is 2.26. The average Bonchev–Trinajstić information content (AvgIpc) is 2.52. The minimum atomic E-state index is -0.0290. The van der Waals surface area contributed by atoms with Gasteiger partial charge in [0.25, 0.3) is 0 Å². The molecule has 1 amide bonds. The molecule has 0 fully saturated rings. The Bertz CT molecular complexity index is 516. The van der Waals surface area contributed by atoms with Crippen molar-refractivity contribution in [3.63, 3.8) is 0 Å². The van der Waals surface area contributed by atoms with Gasteiger partial charge in [0.1, 0.15) is 6.54 Å². The van der Waals surface area contributed by atoms with Gasteiger partial charge in [-0.2, -0.15) is 0 Å². The third-order valence-corrected chi connectivity index (χ3v) is 3.41. The summed E-state index contributed by atoms with van der Waals surface area (Å²) in [6, 6.07) is 8.01. The van der Waals surface area contributed by atoms with Crippen LogP contribution in [0.3, 0.4) is 0 Å². The van der Waals surface area contributed by atoms with Crippen LogP contribution in [0.15, 0.2) is 29.3 Å². The van der Waals surface area contributed by atoms with Gasteiger partial charge in [0.15, 0.2) is 5.96 Å². The van der Waals surface area contributed by atoms with Crippen LogP contribution in [-0.2, 0) is 16.0 Å². The van der Waals surface area contributed by atoms with E-state index < -0.39 is 0 Å². The summed E-state index contributed by atoms with van der Waals surface area (Å²) in [5.74, 6) is 0.240. The number of guanidine groups is 1. The van der Waals surface area contributed by atoms with Crippen molar-refractivity contribution in [2.75, 3.05) is 38.3 Å². The number of nitrogens with two attached hydrogens (primary N) is 1. The highest BCUT2D eigenvalue weighted by atomic mass is 16.5. The number of fused-ring (bicyclic) bond motifs is 1. The number of hydrogen-bond acceptors (Lipinski definition) is 3. The summed E-state index contributed by atoms with van der Waals surface area (Å²) in [6.45, 7) is 1.92. The molecule has 0 saturated carbocycles. The molecular weight excluding hydrogens is 268 g/mol. The highest BCUT2D eigenvalue weighted by molar-refractivity contribution is 5.97. The van der Waals surface area contributed by atoms with Crippen LogP contribution in [0.2, 0.25) is 0 Å². The van der Waals surface area contributed by atoms with Crippen LogP contribution < -0.4 is 16.0 Å². The van der Waals surface area contributed by atoms with Gasteiger partial charge in [-0.15, -0.1) is 0 Å². The van der Waals surface area contributed by atoms with E-state index in [-0.39, 0.29) is 18.4 Å². The van der Waals surface area contributed by atoms with Crippen molar-refractivity contribution in [1.29, 1.82) is 0 Å². The van der Waals surface area contributed by atoms with Crippen molar-refractivity contribution < 1.29 is 9.53 Å². The van der Waals surface area contributed by atoms with Crippen LogP contribution in [0.5, 0.6) is 0 Å². The van der Waals surface area contributed by atoms with E-state index in [2.05, 4.69) is 16.4 Å². The topological polar surface area (TPSA) is 80.0 Å². The molecule has 1 heterocycles. The van der Waals surface area contributed by atoms with E-state index in [4.69, 9.17) is 10.5 Å². The first kappa shape index (κ1) is 15.3. The lowest BCUT2D eigenvalue weighted by Gasteiger charge is -2.29. The second-order valence-corrected chi connectivity index (χ2v) is 4.90. The molecule has 1 aliphatic heterocycles. The number of anilines is 1. The van der Waals surface area contributed by atoms with E-state index in [0.717, 1.165) is 25.1 Å². The molecule has 6 heteroatoms. The molecule has 114 valence electrons. The fraction of sp³-hybridized carbons (Fsp3) is 0.467. The third-order valence-electron chi connectivity index (χ3n) is 3.41. The maximum absolute atomic E-state index is 12.3. The van der Waals surface area contributed by atoms with E-state index in [1.54, 1.807) is 12.0 Å². The van der Waals surface area contributed by atoms with E-state index in [9.17, 15) is 4.79 Å². The molecule has 0 unspecified atom stereocenters. The summed E-state index contributed by atoms with van der Waals surface area (Å²) in [6.07, 6.45) is 2.00. The van der Waals surface area contributed by atoms with Crippen molar-refractivity contribution in [1.82, 2.24) is 5.32 Å². The highest BCUT2D eigenvalue weighted by Gasteiger charge is 2.21. The number of carbonyl (C=O) groups is 1. The Morgan fingerprint density at radius 1 is 1.48 bits per heavy atom. The fourth-order valence-corrected chi connectivity index (χ4v) is 2.37. The summed E-state index contributed by atoms with van der Waals surface area (Å²) >= 11 is 0. The summed E-state index contributed by atoms with van der Waals surface area (Å²) < 4.78 is 4.90. The number of aliphatic imine (C=N–C) groups is 1. The zero-order chi connectivity index (χ0) is 15.1. The largest absolute Gasteiger partial charge is 0.383 e. The summed E-state index contributed by atoms with van der Waals surface area (Å²) in [5.41, 5.74) is 7.91. The zero-order valence-corrected chi connectivity index (χ0v) is 12.3. The van der Waals surface area contributed by atoms with Crippen molar-refractivity contribution in [2.24, 2.45) is 10.7 Å². The Morgan fingerprint density at radius 2 is 2.29 bits per heavy atom. The van der Waals surface area contributed by atoms with Gasteiger partial charge in [0, 0.05) is 25.9 Å². The molecule has 0 spiro atoms. The number of nitrogens with zero attached hydrogens (tertiary/aromatic N) is 2. The third kappa shape index (κ3) is 4.19. The maximum atomic E-state index is 12.3. The van der Waals surface area contributed by atoms with Crippen LogP contribution in [0, 0.1) is 0 Å². The van der Waals surface area contributed by atoms with Crippen molar-refractivity contribution in [3.8, 4) is 0 Å². The Balaban J connectivity index is 1.94. The molecule has 0 radical (unpaired) electrons. The number of amides is 1. The fourth-order valence-electron chi connectivity index (χ4n) is 2.37. The lowest BCUT2D eigenvalue weighted by molar-refractivity contribution is -0.117. The minimum absolute atomic E-state index is 0.0290. The molecule has 6 nitrogen and oxygen atoms in total. The second kappa shape index (κ2) is 7.64. The van der Waals surface area contributed by atoms with E-state index >= 15 is 0 Å². The van der Waals surface area contributed by atoms with E-state index in [1.807, 2.05) is 18.2 Å². The molecule has 0 aromatic heterocycles. The molecule has 1 aromatic carbocycles. The number of carbonyl (C=O) groups excluding carboxylic acids is 1. The van der Waals surface area contributed by atoms with Gasteiger partial charge in [-0.1, -0.05) is 18.2 Å². The zero-order valence-electron chi connectivity index (χ0n) is 12.3. The SMILES string of the molecule is COCCNC(N)=NCC(=O)N1CCCc2ccccc21. The van der Waals surface area contributed by atoms with Crippen molar-refractivity contribution >= 4 is 17.6 Å². The molecule has 1 aliphatic rings. The van der Waals surface area contributed by atoms with Crippen LogP contribution in [0.25, 0.3) is 0 Å². The number of ether oxygens (including phenoxy) is 1. The predicted molar refractivity (Wildman–Crippen MR) is 83.5 cm³/mol. The number of methoxy groups -OCH3 is 1. The smallest absolute Gasteiger partial charge is 0.248 e. The Hall–Kier alpha value is -2.08. The van der Waals surface area contributed by atoms with Gasteiger partial charge in [-0.05, 0) is 24.5 Å². The summed E-state index contributed by atoms with van der Waals surface area (Å²) in [4.78, 5) is 18.2. The summed E-state index contributed by atoms with van der Waals surface area (Å²) in [5, 5.41) is 2.89. The number of para-hydroxylation sites is 1. The monoisotopic (exact) mass is 290 g/mol. The van der Waals surface area contributed by atoms with E-state index in [0.29, 0.717) is 13.2 Å². The molecule has 3 N–H and O–H groups in total. The molecule has 0 atom stereocenters. The van der Waals surface area contributed by atoms with Crippen molar-refractivity contribution in [2.45, 2.75) is 12.8 Å². The maximum Gasteiger partial charge on any atom is 0.248 e. The second-order valence-electron chi connectivity index (χ2n) is 4.90. The first-order valence-corrected chi connectivity index (χ1v) is 7.13. The lowest BCUT2D eigenvalue weighted by atomic mass is 10.0. The first-order chi connectivity index (χ1) is 10.2. The average molecular weight is 290 g/mol. The van der Waals surface area contributed by atoms with Gasteiger partial charge in [-0.3, -0.25) is 4.79 Å². The molecule has 1 aromatic rings. The number of nitrogens with one attached hydrogen (secondary N) is 1. The van der Waals surface area contributed by atoms with Gasteiger partial charge in [0.05, 0.1) is 6.61 Å². The number of aryl methyl sites for hydroxylation is 1. The normalized spacial score (nSPS) is 14.7. The quantitative estimate of drug-likeness (QED) is 0.470. The van der Waals surface area contributed by atoms with Crippen LogP contribution >= 0.6 is 0 Å². The number of rotatable bonds is 5. The van der Waals surface area contributed by atoms with Crippen LogP contribution in [-0.4, -0.2) is 45.2 Å². The van der Waals surface area contributed by atoms with Gasteiger partial charge >= 0.3 is 0 Å². The Morgan fingerprint density at radius 3 is 3.10 bits per heavy atom.